The van der Waals surface area contributed by atoms with Crippen LogP contribution in [0.3, 0.4) is 0 Å². The van der Waals surface area contributed by atoms with Crippen molar-refractivity contribution in [3.8, 4) is 11.5 Å². The first-order valence-electron chi connectivity index (χ1n) is 11.4. The maximum Gasteiger partial charge on any atom is 0.225 e. The van der Waals surface area contributed by atoms with E-state index in [9.17, 15) is 0 Å². The van der Waals surface area contributed by atoms with E-state index in [2.05, 4.69) is 60.9 Å². The molecule has 1 fully saturated rings. The molecule has 0 unspecified atom stereocenters. The Kier molecular flexibility index (Phi) is 6.12. The molecule has 5 rings (SSSR count). The Balaban J connectivity index is 1.29. The summed E-state index contributed by atoms with van der Waals surface area (Å²) in [4.78, 5) is 22.8. The molecule has 0 aliphatic carbocycles. The minimum Gasteiger partial charge on any atom is -0.493 e. The Hall–Kier alpha value is -3.94. The molecule has 174 valence electrons. The summed E-state index contributed by atoms with van der Waals surface area (Å²) in [6, 6.07) is 12.3. The molecule has 0 spiro atoms. The van der Waals surface area contributed by atoms with Crippen LogP contribution >= 0.6 is 0 Å². The maximum atomic E-state index is 5.49. The molecule has 0 saturated carbocycles. The van der Waals surface area contributed by atoms with Crippen LogP contribution in [-0.2, 0) is 6.42 Å². The van der Waals surface area contributed by atoms with E-state index in [4.69, 9.17) is 9.47 Å². The second kappa shape index (κ2) is 9.51. The molecule has 3 heterocycles. The highest BCUT2D eigenvalue weighted by Gasteiger charge is 2.22. The maximum absolute atomic E-state index is 5.49. The van der Waals surface area contributed by atoms with Crippen molar-refractivity contribution in [2.24, 2.45) is 0 Å². The number of benzene rings is 2. The molecule has 0 atom stereocenters. The lowest BCUT2D eigenvalue weighted by molar-refractivity contribution is 0.356. The van der Waals surface area contributed by atoms with Crippen LogP contribution < -0.4 is 19.3 Å². The third-order valence-electron chi connectivity index (χ3n) is 6.33. The average molecular weight is 457 g/mol. The Morgan fingerprint density at radius 3 is 2.21 bits per heavy atom. The smallest absolute Gasteiger partial charge is 0.225 e. The SMILES string of the molecule is COc1cc2ncnc(N3CCN(c4ncc(Cc5ccccc5C)cn4)CC3)c2cc1OC. The molecule has 0 N–H and O–H groups in total. The van der Waals surface area contributed by atoms with Gasteiger partial charge in [0.2, 0.25) is 5.95 Å². The summed E-state index contributed by atoms with van der Waals surface area (Å²) >= 11 is 0. The van der Waals surface area contributed by atoms with Crippen LogP contribution in [0.1, 0.15) is 16.7 Å². The predicted octanol–water partition coefficient (Wildman–Crippen LogP) is 3.66. The van der Waals surface area contributed by atoms with Crippen molar-refractivity contribution in [3.63, 3.8) is 0 Å². The summed E-state index contributed by atoms with van der Waals surface area (Å²) in [5, 5.41) is 0.949. The average Bonchev–Trinajstić information content (AvgIpc) is 2.89. The molecule has 8 heteroatoms. The van der Waals surface area contributed by atoms with Crippen LogP contribution in [0, 0.1) is 6.92 Å². The van der Waals surface area contributed by atoms with Gasteiger partial charge < -0.3 is 19.3 Å². The van der Waals surface area contributed by atoms with Crippen LogP contribution in [0.2, 0.25) is 0 Å². The summed E-state index contributed by atoms with van der Waals surface area (Å²) in [5.74, 6) is 3.00. The predicted molar refractivity (Wildman–Crippen MR) is 133 cm³/mol. The highest BCUT2D eigenvalue weighted by Crippen LogP contribution is 2.35. The number of piperazine rings is 1. The number of ether oxygens (including phenoxy) is 2. The van der Waals surface area contributed by atoms with E-state index in [0.717, 1.165) is 60.8 Å². The van der Waals surface area contributed by atoms with E-state index in [0.29, 0.717) is 11.5 Å². The molecule has 2 aromatic heterocycles. The monoisotopic (exact) mass is 456 g/mol. The molecule has 8 nitrogen and oxygen atoms in total. The molecular formula is C26H28N6O2. The summed E-state index contributed by atoms with van der Waals surface area (Å²) in [5.41, 5.74) is 4.54. The van der Waals surface area contributed by atoms with Crippen molar-refractivity contribution in [2.45, 2.75) is 13.3 Å². The third kappa shape index (κ3) is 4.31. The Morgan fingerprint density at radius 2 is 1.50 bits per heavy atom. The molecule has 4 aromatic rings. The summed E-state index contributed by atoms with van der Waals surface area (Å²) in [7, 11) is 3.26. The second-order valence-corrected chi connectivity index (χ2v) is 8.39. The van der Waals surface area contributed by atoms with Crippen LogP contribution in [0.25, 0.3) is 10.9 Å². The molecule has 0 amide bonds. The van der Waals surface area contributed by atoms with Gasteiger partial charge in [0, 0.05) is 56.4 Å². The minimum atomic E-state index is 0.660. The van der Waals surface area contributed by atoms with Gasteiger partial charge >= 0.3 is 0 Å². The number of aryl methyl sites for hydroxylation is 1. The van der Waals surface area contributed by atoms with Gasteiger partial charge in [0.05, 0.1) is 19.7 Å². The van der Waals surface area contributed by atoms with Gasteiger partial charge in [0.15, 0.2) is 11.5 Å². The van der Waals surface area contributed by atoms with E-state index in [-0.39, 0.29) is 0 Å². The Labute approximate surface area is 199 Å². The standard InChI is InChI=1S/C26H28N6O2/c1-18-6-4-5-7-20(18)12-19-15-27-26(28-16-19)32-10-8-31(9-11-32)25-21-13-23(33-2)24(34-3)14-22(21)29-17-30-25/h4-7,13-17H,8-12H2,1-3H3. The number of aromatic nitrogens is 4. The van der Waals surface area contributed by atoms with E-state index in [1.54, 1.807) is 20.5 Å². The largest absolute Gasteiger partial charge is 0.493 e. The van der Waals surface area contributed by atoms with E-state index < -0.39 is 0 Å². The molecule has 2 aromatic carbocycles. The Bertz CT molecular complexity index is 1290. The van der Waals surface area contributed by atoms with Gasteiger partial charge in [0.25, 0.3) is 0 Å². The summed E-state index contributed by atoms with van der Waals surface area (Å²) in [6.45, 7) is 5.40. The van der Waals surface area contributed by atoms with E-state index >= 15 is 0 Å². The van der Waals surface area contributed by atoms with Crippen molar-refractivity contribution < 1.29 is 9.47 Å². The van der Waals surface area contributed by atoms with Crippen molar-refractivity contribution in [2.75, 3.05) is 50.2 Å². The molecule has 0 bridgehead atoms. The van der Waals surface area contributed by atoms with Crippen molar-refractivity contribution in [3.05, 3.63) is 71.8 Å². The number of fused-ring (bicyclic) bond motifs is 1. The molecule has 0 radical (unpaired) electrons. The topological polar surface area (TPSA) is 76.5 Å². The second-order valence-electron chi connectivity index (χ2n) is 8.39. The van der Waals surface area contributed by atoms with Gasteiger partial charge in [-0.15, -0.1) is 0 Å². The fraction of sp³-hybridized carbons (Fsp3) is 0.308. The zero-order valence-corrected chi connectivity index (χ0v) is 19.7. The number of rotatable bonds is 6. The Morgan fingerprint density at radius 1 is 0.824 bits per heavy atom. The number of methoxy groups -OCH3 is 2. The fourth-order valence-electron chi connectivity index (χ4n) is 4.37. The molecule has 1 aliphatic rings. The van der Waals surface area contributed by atoms with Gasteiger partial charge in [-0.1, -0.05) is 24.3 Å². The zero-order valence-electron chi connectivity index (χ0n) is 19.7. The first-order chi connectivity index (χ1) is 16.7. The van der Waals surface area contributed by atoms with Crippen molar-refractivity contribution in [1.82, 2.24) is 19.9 Å². The number of hydrogen-bond acceptors (Lipinski definition) is 8. The lowest BCUT2D eigenvalue weighted by Gasteiger charge is -2.35. The molecule has 1 saturated heterocycles. The summed E-state index contributed by atoms with van der Waals surface area (Å²) < 4.78 is 10.9. The summed E-state index contributed by atoms with van der Waals surface area (Å²) in [6.07, 6.45) is 6.33. The minimum absolute atomic E-state index is 0.660. The van der Waals surface area contributed by atoms with Gasteiger partial charge in [-0.3, -0.25) is 0 Å². The van der Waals surface area contributed by atoms with Gasteiger partial charge in [-0.05, 0) is 29.7 Å². The van der Waals surface area contributed by atoms with Crippen molar-refractivity contribution in [1.29, 1.82) is 0 Å². The lowest BCUT2D eigenvalue weighted by atomic mass is 10.0. The van der Waals surface area contributed by atoms with Gasteiger partial charge in [-0.25, -0.2) is 19.9 Å². The lowest BCUT2D eigenvalue weighted by Crippen LogP contribution is -2.47. The van der Waals surface area contributed by atoms with Crippen LogP contribution in [0.4, 0.5) is 11.8 Å². The van der Waals surface area contributed by atoms with Crippen LogP contribution in [0.5, 0.6) is 11.5 Å². The number of nitrogens with zero attached hydrogens (tertiary/aromatic N) is 6. The highest BCUT2D eigenvalue weighted by molar-refractivity contribution is 5.92. The first-order valence-corrected chi connectivity index (χ1v) is 11.4. The number of hydrogen-bond donors (Lipinski definition) is 0. The van der Waals surface area contributed by atoms with Gasteiger partial charge in [-0.2, -0.15) is 0 Å². The zero-order chi connectivity index (χ0) is 23.5. The normalized spacial score (nSPS) is 13.9. The first kappa shape index (κ1) is 21.9. The van der Waals surface area contributed by atoms with Crippen LogP contribution in [-0.4, -0.2) is 60.3 Å². The molecule has 1 aliphatic heterocycles. The highest BCUT2D eigenvalue weighted by atomic mass is 16.5. The molecule has 34 heavy (non-hydrogen) atoms. The third-order valence-corrected chi connectivity index (χ3v) is 6.33. The number of anilines is 2. The van der Waals surface area contributed by atoms with Crippen LogP contribution in [0.15, 0.2) is 55.1 Å². The van der Waals surface area contributed by atoms with Crippen molar-refractivity contribution >= 4 is 22.7 Å². The van der Waals surface area contributed by atoms with E-state index in [1.807, 2.05) is 24.5 Å². The van der Waals surface area contributed by atoms with E-state index in [1.165, 1.54) is 11.1 Å². The fourth-order valence-corrected chi connectivity index (χ4v) is 4.37. The molecular weight excluding hydrogens is 428 g/mol. The van der Waals surface area contributed by atoms with Gasteiger partial charge in [0.1, 0.15) is 12.1 Å². The quantitative estimate of drug-likeness (QED) is 0.435.